The van der Waals surface area contributed by atoms with Gasteiger partial charge in [-0.2, -0.15) is 0 Å². The molecule has 1 aromatic carbocycles. The van der Waals surface area contributed by atoms with Crippen molar-refractivity contribution in [3.8, 4) is 11.5 Å². The first-order chi connectivity index (χ1) is 6.07. The molecule has 0 bridgehead atoms. The van der Waals surface area contributed by atoms with Crippen molar-refractivity contribution in [2.75, 3.05) is 7.11 Å². The lowest BCUT2D eigenvalue weighted by molar-refractivity contribution is 0.400. The van der Waals surface area contributed by atoms with Gasteiger partial charge in [0.2, 0.25) is 0 Å². The van der Waals surface area contributed by atoms with E-state index >= 15 is 0 Å². The summed E-state index contributed by atoms with van der Waals surface area (Å²) in [7, 11) is -0.209. The molecule has 0 atom stereocenters. The summed E-state index contributed by atoms with van der Waals surface area (Å²) in [6.45, 7) is 1.59. The normalized spacial score (nSPS) is 9.85. The Kier molecular flexibility index (Phi) is 2.80. The standard InChI is InChI=1S/C8H11BO4/c1-5-6(10)3-4-7(13-2)8(5)9(11)12/h3-4,10-12H,1-2H3. The van der Waals surface area contributed by atoms with Crippen molar-refractivity contribution in [1.82, 2.24) is 0 Å². The molecule has 0 aliphatic carbocycles. The minimum atomic E-state index is -1.64. The Bertz CT molecular complexity index is 311. The molecule has 0 unspecified atom stereocenters. The van der Waals surface area contributed by atoms with Crippen LogP contribution < -0.4 is 10.2 Å². The summed E-state index contributed by atoms with van der Waals surface area (Å²) >= 11 is 0. The average molecular weight is 182 g/mol. The second kappa shape index (κ2) is 3.68. The van der Waals surface area contributed by atoms with E-state index in [1.54, 1.807) is 6.92 Å². The Morgan fingerprint density at radius 1 is 1.31 bits per heavy atom. The summed E-state index contributed by atoms with van der Waals surface area (Å²) < 4.78 is 4.91. The highest BCUT2D eigenvalue weighted by Gasteiger charge is 2.21. The molecule has 3 N–H and O–H groups in total. The summed E-state index contributed by atoms with van der Waals surface area (Å²) in [4.78, 5) is 0. The van der Waals surface area contributed by atoms with Gasteiger partial charge in [0.25, 0.3) is 0 Å². The zero-order valence-electron chi connectivity index (χ0n) is 7.48. The molecule has 0 saturated heterocycles. The number of phenolic OH excluding ortho intramolecular Hbond substituents is 1. The quantitative estimate of drug-likeness (QED) is 0.533. The number of benzene rings is 1. The minimum absolute atomic E-state index is 0.0175. The van der Waals surface area contributed by atoms with E-state index in [0.717, 1.165) is 0 Å². The predicted molar refractivity (Wildman–Crippen MR) is 49.2 cm³/mol. The van der Waals surface area contributed by atoms with E-state index in [-0.39, 0.29) is 11.2 Å². The van der Waals surface area contributed by atoms with Crippen LogP contribution in [0.2, 0.25) is 0 Å². The fraction of sp³-hybridized carbons (Fsp3) is 0.250. The maximum Gasteiger partial charge on any atom is 0.492 e. The number of hydrogen-bond acceptors (Lipinski definition) is 4. The Morgan fingerprint density at radius 2 is 1.92 bits per heavy atom. The van der Waals surface area contributed by atoms with Crippen LogP contribution in [0, 0.1) is 6.92 Å². The third-order valence-electron chi connectivity index (χ3n) is 1.92. The third-order valence-corrected chi connectivity index (χ3v) is 1.92. The van der Waals surface area contributed by atoms with Crippen LogP contribution in [0.4, 0.5) is 0 Å². The number of phenols is 1. The van der Waals surface area contributed by atoms with Gasteiger partial charge in [-0.1, -0.05) is 0 Å². The monoisotopic (exact) mass is 182 g/mol. The maximum absolute atomic E-state index is 9.29. The lowest BCUT2D eigenvalue weighted by atomic mass is 9.76. The fourth-order valence-corrected chi connectivity index (χ4v) is 1.19. The fourth-order valence-electron chi connectivity index (χ4n) is 1.19. The van der Waals surface area contributed by atoms with Crippen molar-refractivity contribution in [1.29, 1.82) is 0 Å². The van der Waals surface area contributed by atoms with Gasteiger partial charge in [0.05, 0.1) is 7.11 Å². The molecule has 0 saturated carbocycles. The lowest BCUT2D eigenvalue weighted by Gasteiger charge is -2.11. The van der Waals surface area contributed by atoms with Gasteiger partial charge in [0.15, 0.2) is 0 Å². The Balaban J connectivity index is 3.32. The molecule has 70 valence electrons. The minimum Gasteiger partial charge on any atom is -0.508 e. The van der Waals surface area contributed by atoms with Crippen LogP contribution in [0.25, 0.3) is 0 Å². The first-order valence-electron chi connectivity index (χ1n) is 3.80. The summed E-state index contributed by atoms with van der Waals surface area (Å²) in [6, 6.07) is 2.93. The number of ether oxygens (including phenoxy) is 1. The maximum atomic E-state index is 9.29. The van der Waals surface area contributed by atoms with E-state index in [9.17, 15) is 5.11 Å². The molecule has 0 spiro atoms. The molecule has 1 rings (SSSR count). The van der Waals surface area contributed by atoms with Crippen LogP contribution in [0.1, 0.15) is 5.56 Å². The van der Waals surface area contributed by atoms with Gasteiger partial charge in [-0.25, -0.2) is 0 Å². The van der Waals surface area contributed by atoms with E-state index < -0.39 is 7.12 Å². The Labute approximate surface area is 76.6 Å². The highest BCUT2D eigenvalue weighted by molar-refractivity contribution is 6.60. The highest BCUT2D eigenvalue weighted by atomic mass is 16.5. The van der Waals surface area contributed by atoms with Crippen LogP contribution >= 0.6 is 0 Å². The molecule has 0 heterocycles. The van der Waals surface area contributed by atoms with E-state index in [0.29, 0.717) is 11.3 Å². The van der Waals surface area contributed by atoms with Gasteiger partial charge in [-0.05, 0) is 24.6 Å². The van der Waals surface area contributed by atoms with Crippen LogP contribution in [-0.4, -0.2) is 29.4 Å². The molecule has 0 fully saturated rings. The number of hydrogen-bond donors (Lipinski definition) is 3. The second-order valence-electron chi connectivity index (χ2n) is 2.70. The van der Waals surface area contributed by atoms with Crippen molar-refractivity contribution in [2.45, 2.75) is 6.92 Å². The van der Waals surface area contributed by atoms with Crippen molar-refractivity contribution < 1.29 is 19.9 Å². The van der Waals surface area contributed by atoms with Gasteiger partial charge in [-0.15, -0.1) is 0 Å². The summed E-state index contributed by atoms with van der Waals surface area (Å²) in [5, 5.41) is 27.3. The SMILES string of the molecule is COc1ccc(O)c(C)c1B(O)O. The molecular formula is C8H11BO4. The summed E-state index contributed by atoms with van der Waals surface area (Å²) in [5.41, 5.74) is 0.608. The number of methoxy groups -OCH3 is 1. The van der Waals surface area contributed by atoms with Gasteiger partial charge in [0, 0.05) is 5.46 Å². The van der Waals surface area contributed by atoms with Gasteiger partial charge in [-0.3, -0.25) is 0 Å². The predicted octanol–water partition coefficient (Wildman–Crippen LogP) is -0.611. The third kappa shape index (κ3) is 1.76. The molecule has 0 radical (unpaired) electrons. The molecule has 1 aromatic rings. The molecule has 13 heavy (non-hydrogen) atoms. The topological polar surface area (TPSA) is 69.9 Å². The van der Waals surface area contributed by atoms with Crippen LogP contribution in [0.3, 0.4) is 0 Å². The van der Waals surface area contributed by atoms with E-state index in [1.165, 1.54) is 19.2 Å². The molecule has 5 heteroatoms. The second-order valence-corrected chi connectivity index (χ2v) is 2.70. The highest BCUT2D eigenvalue weighted by Crippen LogP contribution is 2.19. The van der Waals surface area contributed by atoms with E-state index in [4.69, 9.17) is 14.8 Å². The molecule has 4 nitrogen and oxygen atoms in total. The van der Waals surface area contributed by atoms with Crippen LogP contribution in [0.15, 0.2) is 12.1 Å². The van der Waals surface area contributed by atoms with Gasteiger partial charge in [0.1, 0.15) is 11.5 Å². The number of aromatic hydroxyl groups is 1. The first kappa shape index (κ1) is 9.89. The van der Waals surface area contributed by atoms with Gasteiger partial charge < -0.3 is 19.9 Å². The lowest BCUT2D eigenvalue weighted by Crippen LogP contribution is -2.33. The smallest absolute Gasteiger partial charge is 0.492 e. The van der Waals surface area contributed by atoms with Crippen molar-refractivity contribution >= 4 is 12.6 Å². The first-order valence-corrected chi connectivity index (χ1v) is 3.80. The molecule has 0 amide bonds. The number of rotatable bonds is 2. The van der Waals surface area contributed by atoms with Crippen molar-refractivity contribution in [3.63, 3.8) is 0 Å². The van der Waals surface area contributed by atoms with Crippen molar-refractivity contribution in [2.24, 2.45) is 0 Å². The molecule has 0 aliphatic rings. The average Bonchev–Trinajstić information content (AvgIpc) is 2.08. The summed E-state index contributed by atoms with van der Waals surface area (Å²) in [5.74, 6) is 0.370. The molecule has 0 aromatic heterocycles. The summed E-state index contributed by atoms with van der Waals surface area (Å²) in [6.07, 6.45) is 0. The molecular weight excluding hydrogens is 171 g/mol. The van der Waals surface area contributed by atoms with E-state index in [2.05, 4.69) is 0 Å². The zero-order chi connectivity index (χ0) is 10.0. The molecule has 0 aliphatic heterocycles. The van der Waals surface area contributed by atoms with Crippen LogP contribution in [-0.2, 0) is 0 Å². The van der Waals surface area contributed by atoms with E-state index in [1.807, 2.05) is 0 Å². The van der Waals surface area contributed by atoms with Gasteiger partial charge >= 0.3 is 7.12 Å². The largest absolute Gasteiger partial charge is 0.508 e. The Morgan fingerprint density at radius 3 is 2.38 bits per heavy atom. The van der Waals surface area contributed by atoms with Crippen molar-refractivity contribution in [3.05, 3.63) is 17.7 Å². The van der Waals surface area contributed by atoms with Crippen LogP contribution in [0.5, 0.6) is 11.5 Å². The Hall–Kier alpha value is -1.20. The zero-order valence-corrected chi connectivity index (χ0v) is 7.48.